The van der Waals surface area contributed by atoms with Gasteiger partial charge in [-0.3, -0.25) is 16.0 Å². The molecule has 1 aromatic heterocycles. The van der Waals surface area contributed by atoms with E-state index in [0.717, 1.165) is 22.3 Å². The van der Waals surface area contributed by atoms with Gasteiger partial charge in [0.05, 0.1) is 28.0 Å². The summed E-state index contributed by atoms with van der Waals surface area (Å²) in [5.74, 6) is 5.53. The monoisotopic (exact) mass is 290 g/mol. The van der Waals surface area contributed by atoms with Crippen LogP contribution >= 0.6 is 15.9 Å². The fraction of sp³-hybridized carbons (Fsp3) is 0.700. The predicted octanol–water partition coefficient (Wildman–Crippen LogP) is 0.900. The zero-order chi connectivity index (χ0) is 12.3. The number of ether oxygens (including phenoxy) is 1. The number of hydrazine groups is 1. The van der Waals surface area contributed by atoms with Gasteiger partial charge in [-0.2, -0.15) is 5.10 Å². The van der Waals surface area contributed by atoms with Crippen LogP contribution in [0.5, 0.6) is 0 Å². The summed E-state index contributed by atoms with van der Waals surface area (Å²) in [6, 6.07) is 0.0658. The van der Waals surface area contributed by atoms with E-state index in [1.807, 2.05) is 25.6 Å². The van der Waals surface area contributed by atoms with Crippen LogP contribution in [0.4, 0.5) is 0 Å². The molecule has 2 unspecified atom stereocenters. The summed E-state index contributed by atoms with van der Waals surface area (Å²) in [6.45, 7) is 3.96. The molecule has 1 heterocycles. The predicted molar refractivity (Wildman–Crippen MR) is 66.9 cm³/mol. The van der Waals surface area contributed by atoms with Gasteiger partial charge in [-0.25, -0.2) is 0 Å². The molecule has 1 rings (SSSR count). The van der Waals surface area contributed by atoms with Gasteiger partial charge in [0.25, 0.3) is 0 Å². The summed E-state index contributed by atoms with van der Waals surface area (Å²) in [6.07, 6.45) is 0.816. The summed E-state index contributed by atoms with van der Waals surface area (Å²) in [7, 11) is 3.61. The maximum Gasteiger partial charge on any atom is 0.0738 e. The van der Waals surface area contributed by atoms with Crippen LogP contribution in [0.15, 0.2) is 4.47 Å². The number of nitrogens with one attached hydrogen (secondary N) is 1. The van der Waals surface area contributed by atoms with Gasteiger partial charge in [0.2, 0.25) is 0 Å². The van der Waals surface area contributed by atoms with Crippen LogP contribution < -0.4 is 11.3 Å². The van der Waals surface area contributed by atoms with Gasteiger partial charge in [0.1, 0.15) is 0 Å². The van der Waals surface area contributed by atoms with E-state index in [0.29, 0.717) is 0 Å². The molecule has 3 N–H and O–H groups in total. The first-order valence-electron chi connectivity index (χ1n) is 5.18. The second-order valence-electron chi connectivity index (χ2n) is 3.89. The molecule has 0 spiro atoms. The van der Waals surface area contributed by atoms with Crippen molar-refractivity contribution in [2.75, 3.05) is 7.11 Å². The zero-order valence-corrected chi connectivity index (χ0v) is 11.7. The number of hydrogen-bond donors (Lipinski definition) is 2. The summed E-state index contributed by atoms with van der Waals surface area (Å²) < 4.78 is 8.18. The van der Waals surface area contributed by atoms with Crippen molar-refractivity contribution < 1.29 is 4.74 Å². The molecule has 0 aliphatic heterocycles. The lowest BCUT2D eigenvalue weighted by atomic mass is 10.1. The maximum absolute atomic E-state index is 5.53. The van der Waals surface area contributed by atoms with Gasteiger partial charge < -0.3 is 4.74 Å². The van der Waals surface area contributed by atoms with Crippen LogP contribution in [0.2, 0.25) is 0 Å². The Bertz CT molecular complexity index is 353. The standard InChI is InChI=1S/C10H19BrN4O/c1-6-10(11)9(15(3)14-6)5-8(13-12)7(2)16-4/h7-8,13H,5,12H2,1-4H3. The van der Waals surface area contributed by atoms with Crippen LogP contribution in [0.25, 0.3) is 0 Å². The molecule has 0 fully saturated rings. The third-order valence-corrected chi connectivity index (χ3v) is 3.86. The van der Waals surface area contributed by atoms with Crippen LogP contribution in [0, 0.1) is 6.92 Å². The highest BCUT2D eigenvalue weighted by Crippen LogP contribution is 2.22. The van der Waals surface area contributed by atoms with Crippen LogP contribution in [0.3, 0.4) is 0 Å². The van der Waals surface area contributed by atoms with Crippen molar-refractivity contribution in [2.24, 2.45) is 12.9 Å². The lowest BCUT2D eigenvalue weighted by Crippen LogP contribution is -2.45. The van der Waals surface area contributed by atoms with Gasteiger partial charge in [-0.1, -0.05) is 0 Å². The van der Waals surface area contributed by atoms with E-state index in [1.54, 1.807) is 7.11 Å². The highest BCUT2D eigenvalue weighted by Gasteiger charge is 2.20. The first kappa shape index (κ1) is 13.6. The lowest BCUT2D eigenvalue weighted by molar-refractivity contribution is 0.0824. The topological polar surface area (TPSA) is 65.1 Å². The van der Waals surface area contributed by atoms with Crippen molar-refractivity contribution in [3.05, 3.63) is 15.9 Å². The van der Waals surface area contributed by atoms with Crippen molar-refractivity contribution in [1.82, 2.24) is 15.2 Å². The van der Waals surface area contributed by atoms with Crippen molar-refractivity contribution >= 4 is 15.9 Å². The number of nitrogens with two attached hydrogens (primary N) is 1. The number of aryl methyl sites for hydroxylation is 2. The number of rotatable bonds is 5. The molecular formula is C10H19BrN4O. The first-order valence-corrected chi connectivity index (χ1v) is 5.97. The summed E-state index contributed by atoms with van der Waals surface area (Å²) in [5, 5.41) is 4.34. The van der Waals surface area contributed by atoms with Crippen LogP contribution in [-0.4, -0.2) is 29.0 Å². The Balaban J connectivity index is 2.85. The van der Waals surface area contributed by atoms with Gasteiger partial charge in [0.15, 0.2) is 0 Å². The molecule has 16 heavy (non-hydrogen) atoms. The summed E-state index contributed by atoms with van der Waals surface area (Å²) in [5.41, 5.74) is 4.88. The Hall–Kier alpha value is -0.430. The minimum absolute atomic E-state index is 0.0482. The van der Waals surface area contributed by atoms with E-state index in [2.05, 4.69) is 26.5 Å². The molecule has 5 nitrogen and oxygen atoms in total. The highest BCUT2D eigenvalue weighted by molar-refractivity contribution is 9.10. The second kappa shape index (κ2) is 5.77. The molecule has 0 amide bonds. The Morgan fingerprint density at radius 3 is 2.62 bits per heavy atom. The lowest BCUT2D eigenvalue weighted by Gasteiger charge is -2.22. The third kappa shape index (κ3) is 2.82. The quantitative estimate of drug-likeness (QED) is 0.625. The number of aromatic nitrogens is 2. The first-order chi connectivity index (χ1) is 7.51. The molecular weight excluding hydrogens is 272 g/mol. The van der Waals surface area contributed by atoms with Gasteiger partial charge in [0, 0.05) is 20.6 Å². The summed E-state index contributed by atoms with van der Waals surface area (Å²) in [4.78, 5) is 0. The molecule has 0 bridgehead atoms. The van der Waals surface area contributed by atoms with Crippen molar-refractivity contribution in [3.8, 4) is 0 Å². The Morgan fingerprint density at radius 2 is 2.25 bits per heavy atom. The van der Waals surface area contributed by atoms with Crippen molar-refractivity contribution in [3.63, 3.8) is 0 Å². The van der Waals surface area contributed by atoms with Gasteiger partial charge >= 0.3 is 0 Å². The zero-order valence-electron chi connectivity index (χ0n) is 10.1. The molecule has 1 aromatic rings. The maximum atomic E-state index is 5.53. The fourth-order valence-corrected chi connectivity index (χ4v) is 2.13. The van der Waals surface area contributed by atoms with E-state index in [1.165, 1.54) is 0 Å². The molecule has 0 saturated carbocycles. The van der Waals surface area contributed by atoms with E-state index >= 15 is 0 Å². The number of nitrogens with zero attached hydrogens (tertiary/aromatic N) is 2. The number of hydrogen-bond acceptors (Lipinski definition) is 4. The second-order valence-corrected chi connectivity index (χ2v) is 4.68. The Morgan fingerprint density at radius 1 is 1.62 bits per heavy atom. The Kier molecular flexibility index (Phi) is 4.91. The van der Waals surface area contributed by atoms with Gasteiger partial charge in [-0.15, -0.1) is 0 Å². The average molecular weight is 291 g/mol. The van der Waals surface area contributed by atoms with Gasteiger partial charge in [-0.05, 0) is 29.8 Å². The number of halogens is 1. The van der Waals surface area contributed by atoms with Crippen molar-refractivity contribution in [2.45, 2.75) is 32.4 Å². The Labute approximate surface area is 104 Å². The van der Waals surface area contributed by atoms with E-state index < -0.39 is 0 Å². The SMILES string of the molecule is COC(C)C(Cc1c(Br)c(C)nn1C)NN. The van der Waals surface area contributed by atoms with E-state index in [9.17, 15) is 0 Å². The largest absolute Gasteiger partial charge is 0.380 e. The molecule has 92 valence electrons. The normalized spacial score (nSPS) is 15.1. The molecule has 0 aromatic carbocycles. The fourth-order valence-electron chi connectivity index (χ4n) is 1.63. The highest BCUT2D eigenvalue weighted by atomic mass is 79.9. The molecule has 6 heteroatoms. The molecule has 0 aliphatic rings. The minimum Gasteiger partial charge on any atom is -0.380 e. The minimum atomic E-state index is 0.0482. The molecule has 0 radical (unpaired) electrons. The van der Waals surface area contributed by atoms with E-state index in [-0.39, 0.29) is 12.1 Å². The summed E-state index contributed by atoms with van der Waals surface area (Å²) >= 11 is 3.54. The molecule has 2 atom stereocenters. The van der Waals surface area contributed by atoms with Crippen LogP contribution in [-0.2, 0) is 18.2 Å². The smallest absolute Gasteiger partial charge is 0.0738 e. The molecule has 0 aliphatic carbocycles. The molecule has 0 saturated heterocycles. The number of methoxy groups -OCH3 is 1. The van der Waals surface area contributed by atoms with Crippen molar-refractivity contribution in [1.29, 1.82) is 0 Å². The third-order valence-electron chi connectivity index (χ3n) is 2.83. The van der Waals surface area contributed by atoms with E-state index in [4.69, 9.17) is 10.6 Å². The van der Waals surface area contributed by atoms with Crippen LogP contribution in [0.1, 0.15) is 18.3 Å². The average Bonchev–Trinajstić information content (AvgIpc) is 2.50.